The summed E-state index contributed by atoms with van der Waals surface area (Å²) in [5, 5.41) is 10.8. The van der Waals surface area contributed by atoms with Crippen molar-refractivity contribution < 1.29 is 9.84 Å². The zero-order valence-corrected chi connectivity index (χ0v) is 11.6. The van der Waals surface area contributed by atoms with Crippen molar-refractivity contribution in [3.63, 3.8) is 0 Å². The first-order valence-electron chi connectivity index (χ1n) is 7.00. The Kier molecular flexibility index (Phi) is 4.93. The Hall–Kier alpha value is -0.940. The van der Waals surface area contributed by atoms with E-state index in [0.717, 1.165) is 31.7 Å². The minimum atomic E-state index is -0.975. The van der Waals surface area contributed by atoms with Crippen LogP contribution >= 0.6 is 0 Å². The van der Waals surface area contributed by atoms with E-state index in [1.165, 1.54) is 0 Å². The van der Waals surface area contributed by atoms with Crippen molar-refractivity contribution in [3.8, 4) is 0 Å². The number of nitrogens with zero attached hydrogens (tertiary/aromatic N) is 1. The zero-order chi connectivity index (χ0) is 13.7. The Bertz CT molecular complexity index is 385. The molecule has 106 valence electrons. The van der Waals surface area contributed by atoms with Gasteiger partial charge in [0.25, 0.3) is 0 Å². The molecule has 0 saturated carbocycles. The number of ether oxygens (including phenoxy) is 1. The van der Waals surface area contributed by atoms with Crippen LogP contribution in [0.1, 0.15) is 18.9 Å². The maximum absolute atomic E-state index is 10.8. The molecule has 0 amide bonds. The van der Waals surface area contributed by atoms with E-state index in [1.807, 2.05) is 30.3 Å². The van der Waals surface area contributed by atoms with Gasteiger partial charge in [-0.25, -0.2) is 0 Å². The Balaban J connectivity index is 2.06. The monoisotopic (exact) mass is 264 g/mol. The number of aliphatic hydroxyl groups is 1. The van der Waals surface area contributed by atoms with Gasteiger partial charge in [0, 0.05) is 26.2 Å². The predicted molar refractivity (Wildman–Crippen MR) is 75.9 cm³/mol. The molecule has 19 heavy (non-hydrogen) atoms. The Morgan fingerprint density at radius 1 is 1.42 bits per heavy atom. The summed E-state index contributed by atoms with van der Waals surface area (Å²) < 4.78 is 5.66. The third kappa shape index (κ3) is 3.54. The standard InChI is InChI=1S/C15H24N2O2/c1-2-14-10-17(8-9-19-14)12-15(18,11-16)13-6-4-3-5-7-13/h3-7,14,18H,2,8-12,16H2,1H3. The molecule has 2 unspecified atom stereocenters. The molecule has 0 bridgehead atoms. The summed E-state index contributed by atoms with van der Waals surface area (Å²) in [7, 11) is 0. The van der Waals surface area contributed by atoms with Gasteiger partial charge >= 0.3 is 0 Å². The average molecular weight is 264 g/mol. The molecular formula is C15H24N2O2. The summed E-state index contributed by atoms with van der Waals surface area (Å²) in [5.74, 6) is 0. The number of rotatable bonds is 5. The number of hydrogen-bond acceptors (Lipinski definition) is 4. The highest BCUT2D eigenvalue weighted by atomic mass is 16.5. The van der Waals surface area contributed by atoms with Crippen molar-refractivity contribution in [2.24, 2.45) is 5.73 Å². The molecule has 1 aromatic rings. The lowest BCUT2D eigenvalue weighted by Gasteiger charge is -2.38. The van der Waals surface area contributed by atoms with E-state index in [2.05, 4.69) is 11.8 Å². The quantitative estimate of drug-likeness (QED) is 0.831. The van der Waals surface area contributed by atoms with Crippen molar-refractivity contribution in [1.29, 1.82) is 0 Å². The molecule has 1 heterocycles. The predicted octanol–water partition coefficient (Wildman–Crippen LogP) is 0.944. The number of hydrogen-bond donors (Lipinski definition) is 2. The fourth-order valence-electron chi connectivity index (χ4n) is 2.56. The summed E-state index contributed by atoms with van der Waals surface area (Å²) in [6.45, 7) is 5.37. The zero-order valence-electron chi connectivity index (χ0n) is 11.6. The lowest BCUT2D eigenvalue weighted by Crippen LogP contribution is -2.51. The molecule has 1 aliphatic heterocycles. The molecule has 3 N–H and O–H groups in total. The Morgan fingerprint density at radius 3 is 2.79 bits per heavy atom. The SMILES string of the molecule is CCC1CN(CC(O)(CN)c2ccccc2)CCO1. The van der Waals surface area contributed by atoms with Gasteiger partial charge in [-0.3, -0.25) is 4.90 Å². The van der Waals surface area contributed by atoms with Crippen LogP contribution in [0.5, 0.6) is 0 Å². The molecule has 4 heteroatoms. The van der Waals surface area contributed by atoms with Crippen LogP contribution in [0.3, 0.4) is 0 Å². The molecule has 1 saturated heterocycles. The number of nitrogens with two attached hydrogens (primary N) is 1. The molecule has 4 nitrogen and oxygen atoms in total. The van der Waals surface area contributed by atoms with Crippen LogP contribution in [-0.2, 0) is 10.3 Å². The van der Waals surface area contributed by atoms with Crippen molar-refractivity contribution in [2.75, 3.05) is 32.8 Å². The Morgan fingerprint density at radius 2 is 2.16 bits per heavy atom. The van der Waals surface area contributed by atoms with Crippen LogP contribution in [0.2, 0.25) is 0 Å². The molecule has 0 aliphatic carbocycles. The molecule has 2 atom stereocenters. The summed E-state index contributed by atoms with van der Waals surface area (Å²) in [5.41, 5.74) is 5.73. The first kappa shape index (κ1) is 14.5. The second-order valence-electron chi connectivity index (χ2n) is 5.24. The summed E-state index contributed by atoms with van der Waals surface area (Å²) in [4.78, 5) is 2.25. The van der Waals surface area contributed by atoms with Gasteiger partial charge in [-0.15, -0.1) is 0 Å². The number of morpholine rings is 1. The van der Waals surface area contributed by atoms with Gasteiger partial charge in [0.1, 0.15) is 5.60 Å². The molecule has 0 spiro atoms. The van der Waals surface area contributed by atoms with E-state index < -0.39 is 5.60 Å². The van der Waals surface area contributed by atoms with E-state index in [1.54, 1.807) is 0 Å². The van der Waals surface area contributed by atoms with Crippen molar-refractivity contribution in [3.05, 3.63) is 35.9 Å². The van der Waals surface area contributed by atoms with Crippen LogP contribution in [0.25, 0.3) is 0 Å². The number of β-amino-alcohol motifs (C(OH)–C–C–N with tert-alkyl or cyclic N) is 1. The van der Waals surface area contributed by atoms with Gasteiger partial charge in [-0.1, -0.05) is 37.3 Å². The lowest BCUT2D eigenvalue weighted by molar-refractivity contribution is -0.0647. The first-order valence-corrected chi connectivity index (χ1v) is 7.00. The second kappa shape index (κ2) is 6.48. The fourth-order valence-corrected chi connectivity index (χ4v) is 2.56. The summed E-state index contributed by atoms with van der Waals surface area (Å²) in [6.07, 6.45) is 1.27. The van der Waals surface area contributed by atoms with Gasteiger partial charge in [-0.2, -0.15) is 0 Å². The maximum Gasteiger partial charge on any atom is 0.114 e. The van der Waals surface area contributed by atoms with E-state index in [0.29, 0.717) is 6.54 Å². The minimum absolute atomic E-state index is 0.227. The van der Waals surface area contributed by atoms with Gasteiger partial charge in [0.05, 0.1) is 12.7 Å². The highest BCUT2D eigenvalue weighted by Crippen LogP contribution is 2.22. The lowest BCUT2D eigenvalue weighted by atomic mass is 9.93. The third-order valence-corrected chi connectivity index (χ3v) is 3.81. The largest absolute Gasteiger partial charge is 0.382 e. The molecular weight excluding hydrogens is 240 g/mol. The van der Waals surface area contributed by atoms with E-state index >= 15 is 0 Å². The van der Waals surface area contributed by atoms with Gasteiger partial charge in [-0.05, 0) is 12.0 Å². The fraction of sp³-hybridized carbons (Fsp3) is 0.600. The number of benzene rings is 1. The van der Waals surface area contributed by atoms with Crippen molar-refractivity contribution >= 4 is 0 Å². The van der Waals surface area contributed by atoms with Crippen molar-refractivity contribution in [2.45, 2.75) is 25.0 Å². The normalized spacial score (nSPS) is 24.1. The second-order valence-corrected chi connectivity index (χ2v) is 5.24. The average Bonchev–Trinajstić information content (AvgIpc) is 2.48. The maximum atomic E-state index is 10.8. The summed E-state index contributed by atoms with van der Waals surface area (Å²) >= 11 is 0. The molecule has 1 aromatic carbocycles. The molecule has 0 aromatic heterocycles. The molecule has 1 aliphatic rings. The van der Waals surface area contributed by atoms with E-state index in [4.69, 9.17) is 10.5 Å². The van der Waals surface area contributed by atoms with Gasteiger partial charge in [0.15, 0.2) is 0 Å². The van der Waals surface area contributed by atoms with Crippen LogP contribution in [0.4, 0.5) is 0 Å². The summed E-state index contributed by atoms with van der Waals surface area (Å²) in [6, 6.07) is 9.69. The highest BCUT2D eigenvalue weighted by molar-refractivity contribution is 5.23. The van der Waals surface area contributed by atoms with Crippen LogP contribution in [0.15, 0.2) is 30.3 Å². The molecule has 0 radical (unpaired) electrons. The van der Waals surface area contributed by atoms with E-state index in [9.17, 15) is 5.11 Å². The molecule has 1 fully saturated rings. The smallest absolute Gasteiger partial charge is 0.114 e. The highest BCUT2D eigenvalue weighted by Gasteiger charge is 2.32. The van der Waals surface area contributed by atoms with Gasteiger partial charge in [0.2, 0.25) is 0 Å². The van der Waals surface area contributed by atoms with Crippen LogP contribution in [-0.4, -0.2) is 48.9 Å². The van der Waals surface area contributed by atoms with Crippen LogP contribution in [0, 0.1) is 0 Å². The van der Waals surface area contributed by atoms with Crippen molar-refractivity contribution in [1.82, 2.24) is 4.90 Å². The van der Waals surface area contributed by atoms with Crippen LogP contribution < -0.4 is 5.73 Å². The first-order chi connectivity index (χ1) is 9.18. The minimum Gasteiger partial charge on any atom is -0.382 e. The van der Waals surface area contributed by atoms with Gasteiger partial charge < -0.3 is 15.6 Å². The Labute approximate surface area is 115 Å². The topological polar surface area (TPSA) is 58.7 Å². The molecule has 2 rings (SSSR count). The third-order valence-electron chi connectivity index (χ3n) is 3.81. The van der Waals surface area contributed by atoms with E-state index in [-0.39, 0.29) is 12.6 Å².